The molecule has 1 N–H and O–H groups in total. The first-order chi connectivity index (χ1) is 6.36. The molecule has 1 aliphatic rings. The fourth-order valence-electron chi connectivity index (χ4n) is 1.33. The Morgan fingerprint density at radius 2 is 2.31 bits per heavy atom. The summed E-state index contributed by atoms with van der Waals surface area (Å²) in [6.45, 7) is 3.77. The van der Waals surface area contributed by atoms with Crippen molar-refractivity contribution in [2.45, 2.75) is 32.7 Å². The number of hydrogen-bond donors (Lipinski definition) is 1. The minimum Gasteiger partial charge on any atom is -0.311 e. The van der Waals surface area contributed by atoms with Crippen molar-refractivity contribution < 1.29 is 4.63 Å². The molecule has 1 aromatic rings. The molecule has 2 rings (SSSR count). The number of hydrogen-bond acceptors (Lipinski definition) is 4. The van der Waals surface area contributed by atoms with Crippen molar-refractivity contribution >= 4 is 0 Å². The van der Waals surface area contributed by atoms with Gasteiger partial charge in [0.25, 0.3) is 0 Å². The highest BCUT2D eigenvalue weighted by atomic mass is 16.6. The Bertz CT molecular complexity index is 268. The molecule has 0 unspecified atom stereocenters. The van der Waals surface area contributed by atoms with Crippen LogP contribution in [0.5, 0.6) is 0 Å². The molecule has 0 atom stereocenters. The van der Waals surface area contributed by atoms with Crippen molar-refractivity contribution in [3.05, 3.63) is 11.4 Å². The van der Waals surface area contributed by atoms with Gasteiger partial charge in [-0.3, -0.25) is 0 Å². The third-order valence-electron chi connectivity index (χ3n) is 2.47. The second kappa shape index (κ2) is 3.87. The van der Waals surface area contributed by atoms with Gasteiger partial charge in [0.2, 0.25) is 0 Å². The van der Waals surface area contributed by atoms with Crippen LogP contribution in [0.2, 0.25) is 0 Å². The van der Waals surface area contributed by atoms with Crippen LogP contribution in [0.1, 0.15) is 30.7 Å². The van der Waals surface area contributed by atoms with Crippen LogP contribution in [0.25, 0.3) is 0 Å². The number of nitrogens with one attached hydrogen (secondary N) is 1. The maximum absolute atomic E-state index is 4.60. The number of rotatable bonds is 5. The zero-order valence-electron chi connectivity index (χ0n) is 7.92. The van der Waals surface area contributed by atoms with Crippen LogP contribution in [0.3, 0.4) is 0 Å². The lowest BCUT2D eigenvalue weighted by molar-refractivity contribution is 0.300. The van der Waals surface area contributed by atoms with E-state index >= 15 is 0 Å². The minimum atomic E-state index is 0.780. The highest BCUT2D eigenvalue weighted by molar-refractivity contribution is 5.03. The monoisotopic (exact) mass is 181 g/mol. The van der Waals surface area contributed by atoms with Gasteiger partial charge in [-0.05, 0) is 25.8 Å². The third-order valence-corrected chi connectivity index (χ3v) is 2.47. The van der Waals surface area contributed by atoms with E-state index in [-0.39, 0.29) is 0 Å². The van der Waals surface area contributed by atoms with E-state index < -0.39 is 0 Å². The lowest BCUT2D eigenvalue weighted by atomic mass is 10.3. The molecule has 0 radical (unpaired) electrons. The second-order valence-electron chi connectivity index (χ2n) is 3.71. The molecule has 1 heterocycles. The third kappa shape index (κ3) is 2.52. The smallest absolute Gasteiger partial charge is 0.121 e. The van der Waals surface area contributed by atoms with E-state index in [1.165, 1.54) is 19.3 Å². The summed E-state index contributed by atoms with van der Waals surface area (Å²) in [5.74, 6) is 0.990. The topological polar surface area (TPSA) is 51.0 Å². The van der Waals surface area contributed by atoms with E-state index in [0.29, 0.717) is 0 Å². The lowest BCUT2D eigenvalue weighted by Gasteiger charge is -2.00. The van der Waals surface area contributed by atoms with Crippen LogP contribution < -0.4 is 5.32 Å². The van der Waals surface area contributed by atoms with Gasteiger partial charge >= 0.3 is 0 Å². The molecule has 4 nitrogen and oxygen atoms in total. The molecule has 0 aromatic carbocycles. The maximum Gasteiger partial charge on any atom is 0.121 e. The molecule has 0 saturated heterocycles. The van der Waals surface area contributed by atoms with Crippen LogP contribution in [0, 0.1) is 12.8 Å². The average Bonchev–Trinajstić information content (AvgIpc) is 2.86. The van der Waals surface area contributed by atoms with Crippen LogP contribution >= 0.6 is 0 Å². The molecule has 1 aromatic heterocycles. The van der Waals surface area contributed by atoms with E-state index in [9.17, 15) is 0 Å². The first-order valence-electron chi connectivity index (χ1n) is 4.85. The summed E-state index contributed by atoms with van der Waals surface area (Å²) in [6.07, 6.45) is 4.14. The van der Waals surface area contributed by atoms with Gasteiger partial charge in [0.15, 0.2) is 0 Å². The Hall–Kier alpha value is -0.900. The molecular formula is C9H15N3O. The zero-order valence-corrected chi connectivity index (χ0v) is 7.92. The van der Waals surface area contributed by atoms with E-state index in [1.54, 1.807) is 0 Å². The summed E-state index contributed by atoms with van der Waals surface area (Å²) >= 11 is 0. The molecular weight excluding hydrogens is 166 g/mol. The molecule has 13 heavy (non-hydrogen) atoms. The predicted octanol–water partition coefficient (Wildman–Crippen LogP) is 1.27. The molecule has 0 bridgehead atoms. The Morgan fingerprint density at radius 1 is 1.46 bits per heavy atom. The summed E-state index contributed by atoms with van der Waals surface area (Å²) in [6, 6.07) is 0. The van der Waals surface area contributed by atoms with Crippen molar-refractivity contribution in [1.29, 1.82) is 0 Å². The molecule has 1 aliphatic carbocycles. The van der Waals surface area contributed by atoms with Gasteiger partial charge in [-0.25, -0.2) is 4.63 Å². The Labute approximate surface area is 77.7 Å². The predicted molar refractivity (Wildman–Crippen MR) is 48.1 cm³/mol. The summed E-state index contributed by atoms with van der Waals surface area (Å²) in [4.78, 5) is 0. The standard InChI is InChI=1S/C9H15N3O/c1-7-9(12-13-11-7)6-10-5-4-8-2-3-8/h8,10H,2-6H2,1H3. The molecule has 1 fully saturated rings. The maximum atomic E-state index is 4.60. The van der Waals surface area contributed by atoms with E-state index in [1.807, 2.05) is 6.92 Å². The summed E-state index contributed by atoms with van der Waals surface area (Å²) < 4.78 is 4.60. The van der Waals surface area contributed by atoms with Gasteiger partial charge < -0.3 is 5.32 Å². The van der Waals surface area contributed by atoms with Crippen molar-refractivity contribution in [3.63, 3.8) is 0 Å². The zero-order chi connectivity index (χ0) is 9.10. The molecule has 0 spiro atoms. The molecule has 1 saturated carbocycles. The molecule has 4 heteroatoms. The average molecular weight is 181 g/mol. The highest BCUT2D eigenvalue weighted by Crippen LogP contribution is 2.31. The summed E-state index contributed by atoms with van der Waals surface area (Å²) in [5, 5.41) is 10.9. The van der Waals surface area contributed by atoms with Crippen molar-refractivity contribution in [1.82, 2.24) is 15.6 Å². The Balaban J connectivity index is 1.64. The van der Waals surface area contributed by atoms with Gasteiger partial charge in [-0.1, -0.05) is 23.2 Å². The molecule has 0 amide bonds. The largest absolute Gasteiger partial charge is 0.311 e. The normalized spacial score (nSPS) is 16.4. The van der Waals surface area contributed by atoms with Gasteiger partial charge in [0, 0.05) is 6.54 Å². The SMILES string of the molecule is Cc1nonc1CNCCC1CC1. The quantitative estimate of drug-likeness (QED) is 0.695. The Morgan fingerprint density at radius 3 is 2.92 bits per heavy atom. The summed E-state index contributed by atoms with van der Waals surface area (Å²) in [7, 11) is 0. The van der Waals surface area contributed by atoms with Crippen molar-refractivity contribution in [2.75, 3.05) is 6.54 Å². The highest BCUT2D eigenvalue weighted by Gasteiger charge is 2.20. The van der Waals surface area contributed by atoms with E-state index in [2.05, 4.69) is 20.3 Å². The molecule has 0 aliphatic heterocycles. The number of aromatic nitrogens is 2. The van der Waals surface area contributed by atoms with Gasteiger partial charge in [-0.2, -0.15) is 0 Å². The number of nitrogens with zero attached hydrogens (tertiary/aromatic N) is 2. The van der Waals surface area contributed by atoms with E-state index in [4.69, 9.17) is 0 Å². The first-order valence-corrected chi connectivity index (χ1v) is 4.85. The second-order valence-corrected chi connectivity index (χ2v) is 3.71. The van der Waals surface area contributed by atoms with Crippen LogP contribution in [-0.4, -0.2) is 16.9 Å². The van der Waals surface area contributed by atoms with Gasteiger partial charge in [0.05, 0.1) is 0 Å². The van der Waals surface area contributed by atoms with Gasteiger partial charge in [-0.15, -0.1) is 0 Å². The van der Waals surface area contributed by atoms with Crippen LogP contribution in [0.15, 0.2) is 4.63 Å². The van der Waals surface area contributed by atoms with Crippen LogP contribution in [0.4, 0.5) is 0 Å². The Kier molecular flexibility index (Phi) is 2.59. The van der Waals surface area contributed by atoms with Crippen molar-refractivity contribution in [2.24, 2.45) is 5.92 Å². The first kappa shape index (κ1) is 8.69. The van der Waals surface area contributed by atoms with Gasteiger partial charge in [0.1, 0.15) is 11.4 Å². The lowest BCUT2D eigenvalue weighted by Crippen LogP contribution is -2.15. The number of aryl methyl sites for hydroxylation is 1. The van der Waals surface area contributed by atoms with E-state index in [0.717, 1.165) is 30.4 Å². The molecule has 72 valence electrons. The van der Waals surface area contributed by atoms with Crippen LogP contribution in [-0.2, 0) is 6.54 Å². The fraction of sp³-hybridized carbons (Fsp3) is 0.778. The minimum absolute atomic E-state index is 0.780. The fourth-order valence-corrected chi connectivity index (χ4v) is 1.33. The van der Waals surface area contributed by atoms with Crippen molar-refractivity contribution in [3.8, 4) is 0 Å². The summed E-state index contributed by atoms with van der Waals surface area (Å²) in [5.41, 5.74) is 1.81.